The summed E-state index contributed by atoms with van der Waals surface area (Å²) in [5.41, 5.74) is 0.921. The normalized spacial score (nSPS) is 26.4. The van der Waals surface area contributed by atoms with E-state index in [-0.39, 0.29) is 17.0 Å². The predicted molar refractivity (Wildman–Crippen MR) is 91.4 cm³/mol. The summed E-state index contributed by atoms with van der Waals surface area (Å²) in [4.78, 5) is 17.8. The fraction of sp³-hybridized carbons (Fsp3) is 0.647. The summed E-state index contributed by atoms with van der Waals surface area (Å²) in [5, 5.41) is 14.6. The summed E-state index contributed by atoms with van der Waals surface area (Å²) in [6.45, 7) is 5.90. The Morgan fingerprint density at radius 3 is 2.95 bits per heavy atom. The van der Waals surface area contributed by atoms with Gasteiger partial charge in [-0.2, -0.15) is 11.8 Å². The van der Waals surface area contributed by atoms with Crippen molar-refractivity contribution in [2.24, 2.45) is 10.6 Å². The van der Waals surface area contributed by atoms with Crippen LogP contribution in [0.5, 0.6) is 0 Å². The van der Waals surface area contributed by atoms with Gasteiger partial charge in [0, 0.05) is 12.8 Å². The number of carbonyl (C=O) groups excluding carboxylic acids is 1. The molecule has 1 aliphatic carbocycles. The van der Waals surface area contributed by atoms with Crippen molar-refractivity contribution in [3.63, 3.8) is 0 Å². The van der Waals surface area contributed by atoms with Crippen molar-refractivity contribution < 1.29 is 14.7 Å². The van der Waals surface area contributed by atoms with E-state index in [2.05, 4.69) is 11.7 Å². The van der Waals surface area contributed by atoms with Crippen LogP contribution < -0.4 is 0 Å². The maximum absolute atomic E-state index is 12.6. The van der Waals surface area contributed by atoms with E-state index in [1.54, 1.807) is 6.08 Å². The number of aliphatic hydroxyl groups excluding tert-OH is 1. The van der Waals surface area contributed by atoms with Crippen LogP contribution in [0.15, 0.2) is 29.1 Å². The second kappa shape index (κ2) is 7.86. The van der Waals surface area contributed by atoms with Gasteiger partial charge in [-0.15, -0.1) is 0 Å². The lowest BCUT2D eigenvalue weighted by Crippen LogP contribution is -2.37. The highest BCUT2D eigenvalue weighted by molar-refractivity contribution is 7.99. The molecule has 0 aromatic carbocycles. The first-order chi connectivity index (χ1) is 10.6. The van der Waals surface area contributed by atoms with Crippen LogP contribution in [-0.4, -0.2) is 34.7 Å². The topological polar surface area (TPSA) is 58.9 Å². The highest BCUT2D eigenvalue weighted by Gasteiger charge is 2.42. The number of hydrogen-bond acceptors (Lipinski definition) is 5. The molecule has 0 saturated carbocycles. The molecule has 0 aromatic rings. The van der Waals surface area contributed by atoms with E-state index < -0.39 is 0 Å². The Morgan fingerprint density at radius 1 is 1.55 bits per heavy atom. The van der Waals surface area contributed by atoms with E-state index in [9.17, 15) is 9.90 Å². The molecule has 0 aromatic heterocycles. The number of oxime groups is 1. The lowest BCUT2D eigenvalue weighted by molar-refractivity contribution is -0.118. The summed E-state index contributed by atoms with van der Waals surface area (Å²) in [7, 11) is 0. The Hall–Kier alpha value is -1.23. The maximum atomic E-state index is 12.6. The van der Waals surface area contributed by atoms with E-state index in [1.807, 2.05) is 18.7 Å². The van der Waals surface area contributed by atoms with Gasteiger partial charge in [-0.25, -0.2) is 0 Å². The largest absolute Gasteiger partial charge is 0.511 e. The fourth-order valence-corrected chi connectivity index (χ4v) is 4.51. The molecule has 1 spiro atoms. The highest BCUT2D eigenvalue weighted by atomic mass is 32.2. The summed E-state index contributed by atoms with van der Waals surface area (Å²) < 4.78 is 0. The third kappa shape index (κ3) is 3.94. The number of rotatable bonds is 6. The number of nitrogens with zero attached hydrogens (tertiary/aromatic N) is 1. The van der Waals surface area contributed by atoms with Gasteiger partial charge in [-0.1, -0.05) is 31.2 Å². The van der Waals surface area contributed by atoms with E-state index in [0.29, 0.717) is 37.2 Å². The van der Waals surface area contributed by atoms with Crippen molar-refractivity contribution in [1.29, 1.82) is 0 Å². The molecule has 22 heavy (non-hydrogen) atoms. The summed E-state index contributed by atoms with van der Waals surface area (Å²) >= 11 is 1.89. The minimum Gasteiger partial charge on any atom is -0.511 e. The van der Waals surface area contributed by atoms with Gasteiger partial charge in [0.1, 0.15) is 12.4 Å². The molecule has 4 nitrogen and oxygen atoms in total. The van der Waals surface area contributed by atoms with Crippen LogP contribution in [-0.2, 0) is 9.63 Å². The van der Waals surface area contributed by atoms with Crippen molar-refractivity contribution in [2.75, 3.05) is 18.1 Å². The van der Waals surface area contributed by atoms with Crippen LogP contribution in [0.4, 0.5) is 0 Å². The molecule has 1 saturated heterocycles. The number of thioether (sulfide) groups is 1. The molecular weight excluding hydrogens is 298 g/mol. The van der Waals surface area contributed by atoms with Gasteiger partial charge in [0.25, 0.3) is 0 Å². The average molecular weight is 323 g/mol. The summed E-state index contributed by atoms with van der Waals surface area (Å²) in [6.07, 6.45) is 6.34. The number of hydrogen-bond donors (Lipinski definition) is 1. The first-order valence-corrected chi connectivity index (χ1v) is 9.10. The zero-order valence-electron chi connectivity index (χ0n) is 13.3. The molecule has 1 fully saturated rings. The van der Waals surface area contributed by atoms with Gasteiger partial charge < -0.3 is 9.94 Å². The SMILES string of the molecule is C=CCO/N=C(\CCC)C1=C(O)CC2(CCCSC2)CC1=O. The molecule has 0 radical (unpaired) electrons. The number of Topliss-reactive ketones (excluding diaryl/α,β-unsaturated/α-hetero) is 1. The number of carbonyl (C=O) groups is 1. The van der Waals surface area contributed by atoms with Gasteiger partial charge in [0.05, 0.1) is 11.3 Å². The van der Waals surface area contributed by atoms with Crippen molar-refractivity contribution in [3.8, 4) is 0 Å². The molecular formula is C17H25NO3S. The van der Waals surface area contributed by atoms with Crippen molar-refractivity contribution in [1.82, 2.24) is 0 Å². The zero-order valence-corrected chi connectivity index (χ0v) is 14.1. The lowest BCUT2D eigenvalue weighted by atomic mass is 9.71. The average Bonchev–Trinajstić information content (AvgIpc) is 2.47. The second-order valence-corrected chi connectivity index (χ2v) is 7.23. The molecule has 1 heterocycles. The quantitative estimate of drug-likeness (QED) is 0.347. The van der Waals surface area contributed by atoms with E-state index in [1.165, 1.54) is 0 Å². The molecule has 1 N–H and O–H groups in total. The fourth-order valence-electron chi connectivity index (χ4n) is 3.23. The Balaban J connectivity index is 2.23. The smallest absolute Gasteiger partial charge is 0.168 e. The molecule has 122 valence electrons. The molecule has 2 aliphatic rings. The van der Waals surface area contributed by atoms with Gasteiger partial charge in [0.15, 0.2) is 5.78 Å². The van der Waals surface area contributed by atoms with Crippen molar-refractivity contribution in [3.05, 3.63) is 24.0 Å². The Labute approximate surface area is 136 Å². The van der Waals surface area contributed by atoms with E-state index in [4.69, 9.17) is 4.84 Å². The van der Waals surface area contributed by atoms with Crippen LogP contribution in [0, 0.1) is 5.41 Å². The summed E-state index contributed by atoms with van der Waals surface area (Å²) in [6, 6.07) is 0. The molecule has 1 aliphatic heterocycles. The number of aliphatic hydroxyl groups is 1. The Bertz CT molecular complexity index is 490. The minimum atomic E-state index is -0.0487. The van der Waals surface area contributed by atoms with Gasteiger partial charge in [-0.3, -0.25) is 4.79 Å². The van der Waals surface area contributed by atoms with Crippen LogP contribution in [0.3, 0.4) is 0 Å². The summed E-state index contributed by atoms with van der Waals surface area (Å²) in [5.74, 6) is 2.34. The Morgan fingerprint density at radius 2 is 2.36 bits per heavy atom. The minimum absolute atomic E-state index is 0.0145. The molecule has 1 unspecified atom stereocenters. The third-order valence-corrected chi connectivity index (χ3v) is 5.59. The maximum Gasteiger partial charge on any atom is 0.168 e. The second-order valence-electron chi connectivity index (χ2n) is 6.13. The van der Waals surface area contributed by atoms with Crippen LogP contribution in [0.1, 0.15) is 45.4 Å². The van der Waals surface area contributed by atoms with Gasteiger partial charge in [-0.05, 0) is 36.2 Å². The molecule has 5 heteroatoms. The van der Waals surface area contributed by atoms with E-state index in [0.717, 1.165) is 30.8 Å². The molecule has 1 atom stereocenters. The standard InChI is InChI=1S/C17H25NO3S/c1-3-6-13(18-21-8-4-2)16-14(19)10-17(11-15(16)20)7-5-9-22-12-17/h4,19H,2-3,5-12H2,1H3/b18-13+. The van der Waals surface area contributed by atoms with Crippen LogP contribution in [0.25, 0.3) is 0 Å². The van der Waals surface area contributed by atoms with Crippen molar-refractivity contribution in [2.45, 2.75) is 45.4 Å². The monoisotopic (exact) mass is 323 g/mol. The molecule has 0 amide bonds. The number of allylic oxidation sites excluding steroid dienone is 2. The Kier molecular flexibility index (Phi) is 6.12. The lowest BCUT2D eigenvalue weighted by Gasteiger charge is -2.39. The highest BCUT2D eigenvalue weighted by Crippen LogP contribution is 2.46. The van der Waals surface area contributed by atoms with Crippen molar-refractivity contribution >= 4 is 23.3 Å². The van der Waals surface area contributed by atoms with Crippen LogP contribution >= 0.6 is 11.8 Å². The van der Waals surface area contributed by atoms with Crippen LogP contribution in [0.2, 0.25) is 0 Å². The van der Waals surface area contributed by atoms with Gasteiger partial charge in [0.2, 0.25) is 0 Å². The van der Waals surface area contributed by atoms with E-state index >= 15 is 0 Å². The first kappa shape index (κ1) is 17.1. The molecule has 0 bridgehead atoms. The zero-order chi connectivity index (χ0) is 16.0. The third-order valence-electron chi connectivity index (χ3n) is 4.19. The number of ketones is 1. The van der Waals surface area contributed by atoms with Gasteiger partial charge >= 0.3 is 0 Å². The predicted octanol–water partition coefficient (Wildman–Crippen LogP) is 4.03. The first-order valence-electron chi connectivity index (χ1n) is 7.95. The molecule has 2 rings (SSSR count).